The van der Waals surface area contributed by atoms with Crippen LogP contribution in [-0.4, -0.2) is 21.2 Å². The van der Waals surface area contributed by atoms with E-state index >= 15 is 0 Å². The number of non-ortho nitro benzene ring substituents is 1. The predicted molar refractivity (Wildman–Crippen MR) is 128 cm³/mol. The lowest BCUT2D eigenvalue weighted by molar-refractivity contribution is -0.385. The Morgan fingerprint density at radius 1 is 1.22 bits per heavy atom. The minimum atomic E-state index is -0.525. The van der Waals surface area contributed by atoms with Gasteiger partial charge in [-0.2, -0.15) is 0 Å². The molecular weight excluding hydrogens is 474 g/mol. The molecule has 4 aromatic rings. The third-order valence-electron chi connectivity index (χ3n) is 5.35. The quantitative estimate of drug-likeness (QED) is 0.174. The SMILES string of the molecule is CC[C@H](C)c1ccc2oc(-c3ccc(N=Cc4cc([N+](=O)[O-])cc(Br)c4O)cc3)nc2c1. The van der Waals surface area contributed by atoms with Crippen molar-refractivity contribution in [3.8, 4) is 17.2 Å². The molecule has 0 amide bonds. The van der Waals surface area contributed by atoms with Crippen LogP contribution in [0.2, 0.25) is 0 Å². The summed E-state index contributed by atoms with van der Waals surface area (Å²) in [4.78, 5) is 19.5. The van der Waals surface area contributed by atoms with E-state index in [9.17, 15) is 15.2 Å². The minimum Gasteiger partial charge on any atom is -0.506 e. The van der Waals surface area contributed by atoms with Gasteiger partial charge in [0.1, 0.15) is 11.3 Å². The summed E-state index contributed by atoms with van der Waals surface area (Å²) in [6.07, 6.45) is 2.45. The molecule has 0 aliphatic carbocycles. The average molecular weight is 494 g/mol. The second-order valence-electron chi connectivity index (χ2n) is 7.48. The highest BCUT2D eigenvalue weighted by Gasteiger charge is 2.14. The zero-order valence-corrected chi connectivity index (χ0v) is 19.0. The van der Waals surface area contributed by atoms with Crippen LogP contribution >= 0.6 is 15.9 Å². The fraction of sp³-hybridized carbons (Fsp3) is 0.167. The van der Waals surface area contributed by atoms with Crippen molar-refractivity contribution in [2.24, 2.45) is 4.99 Å². The van der Waals surface area contributed by atoms with Gasteiger partial charge in [0.2, 0.25) is 5.89 Å². The molecule has 0 radical (unpaired) electrons. The van der Waals surface area contributed by atoms with E-state index in [-0.39, 0.29) is 21.5 Å². The van der Waals surface area contributed by atoms with Crippen LogP contribution < -0.4 is 0 Å². The van der Waals surface area contributed by atoms with Crippen LogP contribution in [0.15, 0.2) is 68.5 Å². The summed E-state index contributed by atoms with van der Waals surface area (Å²) in [5.41, 5.74) is 4.33. The zero-order valence-electron chi connectivity index (χ0n) is 17.4. The number of nitrogens with zero attached hydrogens (tertiary/aromatic N) is 3. The van der Waals surface area contributed by atoms with Crippen molar-refractivity contribution in [1.82, 2.24) is 4.98 Å². The first-order valence-electron chi connectivity index (χ1n) is 10.1. The minimum absolute atomic E-state index is 0.112. The molecule has 0 fully saturated rings. The number of oxazole rings is 1. The second-order valence-corrected chi connectivity index (χ2v) is 8.34. The van der Waals surface area contributed by atoms with Crippen LogP contribution in [-0.2, 0) is 0 Å². The molecule has 4 rings (SSSR count). The fourth-order valence-electron chi connectivity index (χ4n) is 3.25. The first-order chi connectivity index (χ1) is 15.4. The molecular formula is C24H20BrN3O4. The lowest BCUT2D eigenvalue weighted by Gasteiger charge is -2.07. The van der Waals surface area contributed by atoms with Crippen molar-refractivity contribution in [3.05, 3.63) is 80.3 Å². The van der Waals surface area contributed by atoms with Crippen LogP contribution in [0.25, 0.3) is 22.6 Å². The molecule has 1 atom stereocenters. The number of aromatic nitrogens is 1. The number of nitro benzene ring substituents is 1. The Morgan fingerprint density at radius 3 is 2.66 bits per heavy atom. The Kier molecular flexibility index (Phi) is 6.05. The van der Waals surface area contributed by atoms with Gasteiger partial charge in [0.25, 0.3) is 5.69 Å². The standard InChI is InChI=1S/C24H20BrN3O4/c1-3-14(2)16-6-9-22-21(11-16)27-24(32-22)15-4-7-18(8-5-15)26-13-17-10-19(28(30)31)12-20(25)23(17)29/h4-14,29H,3H2,1-2H3/t14-/m0/s1. The number of aliphatic imine (C=N–C) groups is 1. The third-order valence-corrected chi connectivity index (χ3v) is 5.95. The molecule has 0 unspecified atom stereocenters. The maximum atomic E-state index is 11.0. The van der Waals surface area contributed by atoms with Crippen molar-refractivity contribution >= 4 is 44.6 Å². The number of rotatable bonds is 6. The molecule has 1 aromatic heterocycles. The zero-order chi connectivity index (χ0) is 22.8. The summed E-state index contributed by atoms with van der Waals surface area (Å²) >= 11 is 3.12. The first-order valence-corrected chi connectivity index (χ1v) is 10.9. The lowest BCUT2D eigenvalue weighted by Crippen LogP contribution is -1.91. The van der Waals surface area contributed by atoms with E-state index in [0.29, 0.717) is 17.5 Å². The van der Waals surface area contributed by atoms with Crippen molar-refractivity contribution in [1.29, 1.82) is 0 Å². The average Bonchev–Trinajstić information content (AvgIpc) is 3.23. The molecule has 0 saturated heterocycles. The van der Waals surface area contributed by atoms with Gasteiger partial charge >= 0.3 is 0 Å². The van der Waals surface area contributed by atoms with Gasteiger partial charge in [0.15, 0.2) is 5.58 Å². The van der Waals surface area contributed by atoms with E-state index in [0.717, 1.165) is 23.1 Å². The number of aromatic hydroxyl groups is 1. The van der Waals surface area contributed by atoms with Crippen LogP contribution in [0, 0.1) is 10.1 Å². The van der Waals surface area contributed by atoms with Crippen molar-refractivity contribution in [2.45, 2.75) is 26.2 Å². The van der Waals surface area contributed by atoms with Crippen LogP contribution in [0.3, 0.4) is 0 Å². The van der Waals surface area contributed by atoms with Crippen LogP contribution in [0.1, 0.15) is 37.3 Å². The van der Waals surface area contributed by atoms with E-state index in [4.69, 9.17) is 4.42 Å². The highest BCUT2D eigenvalue weighted by molar-refractivity contribution is 9.10. The molecule has 1 heterocycles. The third kappa shape index (κ3) is 4.40. The van der Waals surface area contributed by atoms with Crippen LogP contribution in [0.5, 0.6) is 5.75 Å². The van der Waals surface area contributed by atoms with E-state index in [2.05, 4.69) is 51.9 Å². The molecule has 32 heavy (non-hydrogen) atoms. The fourth-order valence-corrected chi connectivity index (χ4v) is 3.72. The molecule has 0 bridgehead atoms. The Hall–Kier alpha value is -3.52. The Morgan fingerprint density at radius 2 is 1.97 bits per heavy atom. The number of phenolic OH excluding ortho intramolecular Hbond substituents is 1. The first kappa shape index (κ1) is 21.7. The summed E-state index contributed by atoms with van der Waals surface area (Å²) in [6, 6.07) is 15.9. The number of fused-ring (bicyclic) bond motifs is 1. The van der Waals surface area contributed by atoms with E-state index in [1.807, 2.05) is 18.2 Å². The maximum Gasteiger partial charge on any atom is 0.271 e. The van der Waals surface area contributed by atoms with Gasteiger partial charge in [-0.25, -0.2) is 4.98 Å². The molecule has 162 valence electrons. The van der Waals surface area contributed by atoms with Gasteiger partial charge in [-0.1, -0.05) is 19.9 Å². The lowest BCUT2D eigenvalue weighted by atomic mass is 9.98. The van der Waals surface area contributed by atoms with Crippen LogP contribution in [0.4, 0.5) is 11.4 Å². The van der Waals surface area contributed by atoms with E-state index in [1.165, 1.54) is 23.9 Å². The second kappa shape index (κ2) is 8.92. The smallest absolute Gasteiger partial charge is 0.271 e. The highest BCUT2D eigenvalue weighted by Crippen LogP contribution is 2.32. The van der Waals surface area contributed by atoms with Gasteiger partial charge < -0.3 is 9.52 Å². The molecule has 0 aliphatic heterocycles. The number of nitro groups is 1. The Labute approximate surface area is 192 Å². The van der Waals surface area contributed by atoms with Crippen molar-refractivity contribution < 1.29 is 14.4 Å². The van der Waals surface area contributed by atoms with Gasteiger partial charge in [-0.05, 0) is 70.2 Å². The van der Waals surface area contributed by atoms with Gasteiger partial charge in [-0.15, -0.1) is 0 Å². The Balaban J connectivity index is 1.58. The Bertz CT molecular complexity index is 1330. The van der Waals surface area contributed by atoms with Crippen molar-refractivity contribution in [2.75, 3.05) is 0 Å². The predicted octanol–water partition coefficient (Wildman–Crippen LogP) is 7.14. The van der Waals surface area contributed by atoms with Crippen molar-refractivity contribution in [3.63, 3.8) is 0 Å². The molecule has 0 aliphatic rings. The normalized spacial score (nSPS) is 12.5. The molecule has 7 nitrogen and oxygen atoms in total. The molecule has 1 N–H and O–H groups in total. The van der Waals surface area contributed by atoms with E-state index < -0.39 is 4.92 Å². The van der Waals surface area contributed by atoms with Gasteiger partial charge in [0.05, 0.1) is 15.1 Å². The molecule has 0 saturated carbocycles. The number of phenols is 1. The summed E-state index contributed by atoms with van der Waals surface area (Å²) in [5.74, 6) is 0.874. The largest absolute Gasteiger partial charge is 0.506 e. The topological polar surface area (TPSA) is 102 Å². The summed E-state index contributed by atoms with van der Waals surface area (Å²) in [5, 5.41) is 21.2. The molecule has 8 heteroatoms. The number of hydrogen-bond donors (Lipinski definition) is 1. The summed E-state index contributed by atoms with van der Waals surface area (Å²) in [7, 11) is 0. The number of halogens is 1. The number of hydrogen-bond acceptors (Lipinski definition) is 6. The molecule has 0 spiro atoms. The van der Waals surface area contributed by atoms with Gasteiger partial charge in [0, 0.05) is 29.5 Å². The van der Waals surface area contributed by atoms with Gasteiger partial charge in [-0.3, -0.25) is 15.1 Å². The molecule has 3 aromatic carbocycles. The maximum absolute atomic E-state index is 11.0. The summed E-state index contributed by atoms with van der Waals surface area (Å²) < 4.78 is 6.14. The number of benzene rings is 3. The highest BCUT2D eigenvalue weighted by atomic mass is 79.9. The van der Waals surface area contributed by atoms with E-state index in [1.54, 1.807) is 12.1 Å². The summed E-state index contributed by atoms with van der Waals surface area (Å²) in [6.45, 7) is 4.35. The monoisotopic (exact) mass is 493 g/mol.